The highest BCUT2D eigenvalue weighted by molar-refractivity contribution is 5.98. The molecule has 0 saturated carbocycles. The number of nitrogens with zero attached hydrogens (tertiary/aromatic N) is 2. The van der Waals surface area contributed by atoms with Crippen LogP contribution in [0.1, 0.15) is 34.6 Å². The third-order valence-electron chi connectivity index (χ3n) is 1.98. The summed E-state index contributed by atoms with van der Waals surface area (Å²) < 4.78 is 5.17. The summed E-state index contributed by atoms with van der Waals surface area (Å²) in [5.41, 5.74) is 0.806. The number of aliphatic imine (C=N–C) groups is 1. The molecule has 5 nitrogen and oxygen atoms in total. The van der Waals surface area contributed by atoms with Gasteiger partial charge in [0.15, 0.2) is 11.4 Å². The Morgan fingerprint density at radius 3 is 2.50 bits per heavy atom. The first-order valence-electron chi connectivity index (χ1n) is 5.61. The van der Waals surface area contributed by atoms with Crippen molar-refractivity contribution in [2.24, 2.45) is 4.99 Å². The third-order valence-corrected chi connectivity index (χ3v) is 1.98. The molecule has 1 heterocycles. The van der Waals surface area contributed by atoms with Gasteiger partial charge in [-0.3, -0.25) is 0 Å². The highest BCUT2D eigenvalue weighted by Gasteiger charge is 2.24. The van der Waals surface area contributed by atoms with Crippen LogP contribution < -0.4 is 5.32 Å². The van der Waals surface area contributed by atoms with Gasteiger partial charge < -0.3 is 10.1 Å². The van der Waals surface area contributed by atoms with Gasteiger partial charge in [0.05, 0.1) is 0 Å². The van der Waals surface area contributed by atoms with Crippen molar-refractivity contribution >= 4 is 11.7 Å². The van der Waals surface area contributed by atoms with Gasteiger partial charge in [0.1, 0.15) is 11.7 Å². The Bertz CT molecular complexity index is 499. The lowest BCUT2D eigenvalue weighted by Gasteiger charge is -2.20. The van der Waals surface area contributed by atoms with E-state index >= 15 is 0 Å². The molecule has 18 heavy (non-hydrogen) atoms. The van der Waals surface area contributed by atoms with Crippen molar-refractivity contribution in [2.45, 2.75) is 40.2 Å². The molecule has 1 N–H and O–H groups in total. The Morgan fingerprint density at radius 2 is 2.06 bits per heavy atom. The molecule has 1 aliphatic rings. The van der Waals surface area contributed by atoms with Crippen molar-refractivity contribution in [1.29, 1.82) is 5.26 Å². The van der Waals surface area contributed by atoms with E-state index in [2.05, 4.69) is 10.3 Å². The minimum atomic E-state index is -0.668. The number of hydrogen-bond donors (Lipinski definition) is 1. The maximum absolute atomic E-state index is 11.9. The van der Waals surface area contributed by atoms with Gasteiger partial charge in [-0.05, 0) is 40.7 Å². The number of rotatable bonds is 1. The summed E-state index contributed by atoms with van der Waals surface area (Å²) in [6.45, 7) is 8.88. The number of nitriles is 1. The Morgan fingerprint density at radius 1 is 1.44 bits per heavy atom. The second-order valence-electron chi connectivity index (χ2n) is 5.04. The molecular formula is C13H17N3O2. The van der Waals surface area contributed by atoms with Crippen LogP contribution in [0, 0.1) is 11.3 Å². The largest absolute Gasteiger partial charge is 0.456 e. The van der Waals surface area contributed by atoms with Gasteiger partial charge in [-0.1, -0.05) is 0 Å². The number of carbonyl (C=O) groups is 1. The van der Waals surface area contributed by atoms with Crippen LogP contribution in [-0.4, -0.2) is 17.3 Å². The molecule has 5 heteroatoms. The molecule has 0 saturated heterocycles. The summed E-state index contributed by atoms with van der Waals surface area (Å²) in [7, 11) is 0. The first-order valence-corrected chi connectivity index (χ1v) is 5.61. The molecule has 0 fully saturated rings. The van der Waals surface area contributed by atoms with Gasteiger partial charge in [-0.15, -0.1) is 0 Å². The Kier molecular flexibility index (Phi) is 3.92. The van der Waals surface area contributed by atoms with Crippen molar-refractivity contribution in [3.8, 4) is 6.07 Å². The lowest BCUT2D eigenvalue weighted by atomic mass is 10.2. The van der Waals surface area contributed by atoms with Gasteiger partial charge in [-0.25, -0.2) is 9.79 Å². The van der Waals surface area contributed by atoms with E-state index in [1.807, 2.05) is 19.1 Å². The fraction of sp³-hybridized carbons (Fsp3) is 0.462. The lowest BCUT2D eigenvalue weighted by molar-refractivity contribution is -0.149. The van der Waals surface area contributed by atoms with E-state index in [-0.39, 0.29) is 11.4 Å². The summed E-state index contributed by atoms with van der Waals surface area (Å²) in [5, 5.41) is 12.0. The Hall–Kier alpha value is -2.09. The van der Waals surface area contributed by atoms with E-state index < -0.39 is 11.6 Å². The average Bonchev–Trinajstić information content (AvgIpc) is 2.13. The van der Waals surface area contributed by atoms with E-state index in [0.29, 0.717) is 0 Å². The molecule has 0 radical (unpaired) electrons. The third kappa shape index (κ3) is 3.74. The van der Waals surface area contributed by atoms with Gasteiger partial charge >= 0.3 is 5.97 Å². The normalized spacial score (nSPS) is 18.0. The molecule has 1 rings (SSSR count). The molecule has 0 unspecified atom stereocenters. The molecular weight excluding hydrogens is 230 g/mol. The van der Waals surface area contributed by atoms with Crippen molar-refractivity contribution in [2.75, 3.05) is 0 Å². The molecule has 1 aliphatic heterocycles. The van der Waals surface area contributed by atoms with Crippen molar-refractivity contribution in [3.05, 3.63) is 23.2 Å². The smallest absolute Gasteiger partial charge is 0.353 e. The van der Waals surface area contributed by atoms with Crippen LogP contribution in [0.3, 0.4) is 0 Å². The van der Waals surface area contributed by atoms with Crippen LogP contribution in [0.5, 0.6) is 0 Å². The number of esters is 1. The molecule has 0 bridgehead atoms. The maximum atomic E-state index is 11.9. The number of ether oxygens (including phenoxy) is 1. The summed E-state index contributed by atoms with van der Waals surface area (Å²) in [4.78, 5) is 16.0. The number of carbonyl (C=O) groups excluding carboxylic acids is 1. The van der Waals surface area contributed by atoms with Gasteiger partial charge in [0, 0.05) is 11.4 Å². The molecule has 0 amide bonds. The molecule has 0 aromatic heterocycles. The highest BCUT2D eigenvalue weighted by Crippen LogP contribution is 2.15. The van der Waals surface area contributed by atoms with Crippen LogP contribution in [0.25, 0.3) is 0 Å². The first-order chi connectivity index (χ1) is 8.23. The highest BCUT2D eigenvalue weighted by atomic mass is 16.6. The van der Waals surface area contributed by atoms with Crippen molar-refractivity contribution in [1.82, 2.24) is 5.32 Å². The van der Waals surface area contributed by atoms with Crippen LogP contribution in [-0.2, 0) is 9.53 Å². The molecule has 0 aliphatic carbocycles. The molecule has 0 aromatic carbocycles. The topological polar surface area (TPSA) is 74.5 Å². The predicted molar refractivity (Wildman–Crippen MR) is 68.5 cm³/mol. The second-order valence-corrected chi connectivity index (χ2v) is 5.04. The summed E-state index contributed by atoms with van der Waals surface area (Å²) in [5.74, 6) is -0.428. The van der Waals surface area contributed by atoms with Crippen LogP contribution in [0.2, 0.25) is 0 Å². The van der Waals surface area contributed by atoms with Crippen molar-refractivity contribution < 1.29 is 9.53 Å². The number of allylic oxidation sites excluding steroid dienone is 2. The summed E-state index contributed by atoms with van der Waals surface area (Å²) in [6, 6.07) is 1.84. The molecule has 0 atom stereocenters. The second kappa shape index (κ2) is 5.05. The van der Waals surface area contributed by atoms with Crippen LogP contribution >= 0.6 is 0 Å². The fourth-order valence-corrected chi connectivity index (χ4v) is 1.42. The zero-order valence-corrected chi connectivity index (χ0v) is 11.3. The predicted octanol–water partition coefficient (Wildman–Crippen LogP) is 2.03. The monoisotopic (exact) mass is 247 g/mol. The minimum absolute atomic E-state index is 0.114. The zero-order valence-electron chi connectivity index (χ0n) is 11.3. The summed E-state index contributed by atoms with van der Waals surface area (Å²) >= 11 is 0. The lowest BCUT2D eigenvalue weighted by Crippen LogP contribution is -2.27. The van der Waals surface area contributed by atoms with E-state index in [0.717, 1.165) is 11.4 Å². The molecule has 0 spiro atoms. The first kappa shape index (κ1) is 14.0. The Balaban J connectivity index is 3.08. The standard InChI is InChI=1S/C13H17N3O2/c1-8-6-9(2)16-11(15-8)10(7-14)12(17)18-13(3,4)5/h6,15H,1-5H3/b11-10+. The van der Waals surface area contributed by atoms with E-state index in [1.165, 1.54) is 0 Å². The van der Waals surface area contributed by atoms with Gasteiger partial charge in [0.25, 0.3) is 0 Å². The zero-order chi connectivity index (χ0) is 13.9. The van der Waals surface area contributed by atoms with Crippen LogP contribution in [0.4, 0.5) is 0 Å². The SMILES string of the molecule is CC1=CC(C)=N/C(=C(\C#N)C(=O)OC(C)(C)C)N1. The number of hydrogen-bond acceptors (Lipinski definition) is 5. The van der Waals surface area contributed by atoms with Crippen molar-refractivity contribution in [3.63, 3.8) is 0 Å². The molecule has 96 valence electrons. The number of nitrogens with one attached hydrogen (secondary N) is 1. The van der Waals surface area contributed by atoms with E-state index in [1.54, 1.807) is 27.7 Å². The quantitative estimate of drug-likeness (QED) is 0.437. The van der Waals surface area contributed by atoms with E-state index in [9.17, 15) is 4.79 Å². The maximum Gasteiger partial charge on any atom is 0.353 e. The average molecular weight is 247 g/mol. The van der Waals surface area contributed by atoms with Gasteiger partial charge in [0.2, 0.25) is 0 Å². The fourth-order valence-electron chi connectivity index (χ4n) is 1.42. The van der Waals surface area contributed by atoms with Crippen LogP contribution in [0.15, 0.2) is 28.2 Å². The molecule has 0 aromatic rings. The summed E-state index contributed by atoms with van der Waals surface area (Å²) in [6.07, 6.45) is 1.83. The van der Waals surface area contributed by atoms with E-state index in [4.69, 9.17) is 10.00 Å². The minimum Gasteiger partial charge on any atom is -0.456 e. The van der Waals surface area contributed by atoms with Gasteiger partial charge in [-0.2, -0.15) is 5.26 Å². The Labute approximate surface area is 107 Å².